The average Bonchev–Trinajstić information content (AvgIpc) is 2.99. The molecule has 0 saturated carbocycles. The molecule has 1 aliphatic rings. The van der Waals surface area contributed by atoms with E-state index in [1.54, 1.807) is 30.3 Å². The van der Waals surface area contributed by atoms with Crippen LogP contribution in [0.4, 0.5) is 15.8 Å². The summed E-state index contributed by atoms with van der Waals surface area (Å²) in [4.78, 5) is 27.5. The number of hydrogen-bond donors (Lipinski definition) is 1. The lowest BCUT2D eigenvalue weighted by Crippen LogP contribution is -2.33. The predicted octanol–water partition coefficient (Wildman–Crippen LogP) is 4.54. The summed E-state index contributed by atoms with van der Waals surface area (Å²) in [5, 5.41) is 3.06. The fourth-order valence-corrected chi connectivity index (χ4v) is 3.38. The monoisotopic (exact) mass is 402 g/mol. The van der Waals surface area contributed by atoms with Gasteiger partial charge >= 0.3 is 0 Å². The first-order valence-corrected chi connectivity index (χ1v) is 9.36. The zero-order valence-electron chi connectivity index (χ0n) is 16.5. The molecule has 150 valence electrons. The van der Waals surface area contributed by atoms with Crippen molar-refractivity contribution in [3.63, 3.8) is 0 Å². The van der Waals surface area contributed by atoms with Crippen molar-refractivity contribution < 1.29 is 18.7 Å². The van der Waals surface area contributed by atoms with Gasteiger partial charge < -0.3 is 10.1 Å². The second-order valence-corrected chi connectivity index (χ2v) is 6.84. The molecule has 0 unspecified atom stereocenters. The van der Waals surface area contributed by atoms with Crippen LogP contribution in [-0.4, -0.2) is 18.9 Å². The number of aryl methyl sites for hydroxylation is 1. The SMILES string of the molecule is COc1ccccc1C1=C(Nc2ccc(C)cc2)C(=O)N(c2ccccc2F)C1=O. The van der Waals surface area contributed by atoms with Crippen molar-refractivity contribution in [2.24, 2.45) is 0 Å². The van der Waals surface area contributed by atoms with Gasteiger partial charge in [0.15, 0.2) is 0 Å². The second-order valence-electron chi connectivity index (χ2n) is 6.84. The molecule has 6 heteroatoms. The maximum atomic E-state index is 14.5. The number of ether oxygens (including phenoxy) is 1. The maximum Gasteiger partial charge on any atom is 0.282 e. The third kappa shape index (κ3) is 3.33. The number of rotatable bonds is 5. The van der Waals surface area contributed by atoms with Crippen LogP contribution in [0.25, 0.3) is 5.57 Å². The Kier molecular flexibility index (Phi) is 5.06. The Morgan fingerprint density at radius 1 is 0.867 bits per heavy atom. The van der Waals surface area contributed by atoms with Crippen LogP contribution in [-0.2, 0) is 9.59 Å². The third-order valence-corrected chi connectivity index (χ3v) is 4.87. The summed E-state index contributed by atoms with van der Waals surface area (Å²) in [7, 11) is 1.49. The van der Waals surface area contributed by atoms with Gasteiger partial charge in [-0.15, -0.1) is 0 Å². The summed E-state index contributed by atoms with van der Waals surface area (Å²) in [6, 6.07) is 20.0. The lowest BCUT2D eigenvalue weighted by atomic mass is 10.0. The Balaban J connectivity index is 1.88. The predicted molar refractivity (Wildman–Crippen MR) is 114 cm³/mol. The van der Waals surface area contributed by atoms with E-state index in [1.807, 2.05) is 31.2 Å². The summed E-state index contributed by atoms with van der Waals surface area (Å²) in [6.45, 7) is 1.95. The average molecular weight is 402 g/mol. The third-order valence-electron chi connectivity index (χ3n) is 4.87. The quantitative estimate of drug-likeness (QED) is 0.637. The van der Waals surface area contributed by atoms with Crippen molar-refractivity contribution in [2.75, 3.05) is 17.3 Å². The maximum absolute atomic E-state index is 14.5. The van der Waals surface area contributed by atoms with E-state index in [4.69, 9.17) is 4.74 Å². The molecule has 0 aliphatic carbocycles. The Morgan fingerprint density at radius 2 is 1.53 bits per heavy atom. The van der Waals surface area contributed by atoms with Crippen LogP contribution in [0, 0.1) is 12.7 Å². The Bertz CT molecular complexity index is 1170. The summed E-state index contributed by atoms with van der Waals surface area (Å²) in [5.41, 5.74) is 2.24. The molecule has 1 heterocycles. The van der Waals surface area contributed by atoms with E-state index in [1.165, 1.54) is 25.3 Å². The van der Waals surface area contributed by atoms with Gasteiger partial charge in [0.05, 0.1) is 18.4 Å². The largest absolute Gasteiger partial charge is 0.496 e. The van der Waals surface area contributed by atoms with Gasteiger partial charge in [-0.3, -0.25) is 9.59 Å². The Labute approximate surface area is 173 Å². The molecular weight excluding hydrogens is 383 g/mol. The molecule has 0 saturated heterocycles. The first-order chi connectivity index (χ1) is 14.5. The highest BCUT2D eigenvalue weighted by Crippen LogP contribution is 2.37. The molecule has 5 nitrogen and oxygen atoms in total. The summed E-state index contributed by atoms with van der Waals surface area (Å²) >= 11 is 0. The molecule has 3 aromatic carbocycles. The number of methoxy groups -OCH3 is 1. The lowest BCUT2D eigenvalue weighted by Gasteiger charge is -2.16. The van der Waals surface area contributed by atoms with E-state index in [9.17, 15) is 14.0 Å². The number of carbonyl (C=O) groups is 2. The topological polar surface area (TPSA) is 58.6 Å². The number of nitrogens with one attached hydrogen (secondary N) is 1. The van der Waals surface area contributed by atoms with E-state index in [0.29, 0.717) is 17.0 Å². The summed E-state index contributed by atoms with van der Waals surface area (Å²) in [5.74, 6) is -1.47. The van der Waals surface area contributed by atoms with Crippen molar-refractivity contribution in [2.45, 2.75) is 6.92 Å². The fourth-order valence-electron chi connectivity index (χ4n) is 3.38. The van der Waals surface area contributed by atoms with Crippen molar-refractivity contribution in [3.05, 3.63) is 95.4 Å². The molecule has 4 rings (SSSR count). The number of imide groups is 1. The van der Waals surface area contributed by atoms with Crippen molar-refractivity contribution >= 4 is 28.8 Å². The minimum absolute atomic E-state index is 0.0663. The van der Waals surface area contributed by atoms with E-state index < -0.39 is 17.6 Å². The van der Waals surface area contributed by atoms with Crippen LogP contribution in [0.1, 0.15) is 11.1 Å². The van der Waals surface area contributed by atoms with Crippen molar-refractivity contribution in [1.29, 1.82) is 0 Å². The number of nitrogens with zero attached hydrogens (tertiary/aromatic N) is 1. The molecule has 0 atom stereocenters. The molecule has 1 aliphatic heterocycles. The van der Waals surface area contributed by atoms with Crippen LogP contribution >= 0.6 is 0 Å². The van der Waals surface area contributed by atoms with Crippen LogP contribution in [0.2, 0.25) is 0 Å². The molecule has 0 aromatic heterocycles. The van der Waals surface area contributed by atoms with Gasteiger partial charge in [-0.2, -0.15) is 0 Å². The minimum atomic E-state index is -0.657. The number of hydrogen-bond acceptors (Lipinski definition) is 4. The van der Waals surface area contributed by atoms with Gasteiger partial charge in [0, 0.05) is 11.3 Å². The number of anilines is 2. The van der Waals surface area contributed by atoms with E-state index in [0.717, 1.165) is 10.5 Å². The van der Waals surface area contributed by atoms with Gasteiger partial charge in [0.25, 0.3) is 11.8 Å². The number of halogens is 1. The number of amides is 2. The molecule has 30 heavy (non-hydrogen) atoms. The molecule has 0 radical (unpaired) electrons. The van der Waals surface area contributed by atoms with Crippen LogP contribution < -0.4 is 15.0 Å². The Morgan fingerprint density at radius 3 is 2.23 bits per heavy atom. The van der Waals surface area contributed by atoms with E-state index >= 15 is 0 Å². The molecule has 3 aromatic rings. The normalized spacial score (nSPS) is 13.8. The smallest absolute Gasteiger partial charge is 0.282 e. The zero-order chi connectivity index (χ0) is 21.3. The molecular formula is C24H19FN2O3. The van der Waals surface area contributed by atoms with Gasteiger partial charge in [-0.05, 0) is 37.3 Å². The summed E-state index contributed by atoms with van der Waals surface area (Å²) in [6.07, 6.45) is 0. The second kappa shape index (κ2) is 7.83. The molecule has 0 bridgehead atoms. The number of carbonyl (C=O) groups excluding carboxylic acids is 2. The molecule has 0 spiro atoms. The minimum Gasteiger partial charge on any atom is -0.496 e. The van der Waals surface area contributed by atoms with Crippen LogP contribution in [0.3, 0.4) is 0 Å². The lowest BCUT2D eigenvalue weighted by molar-refractivity contribution is -0.120. The van der Waals surface area contributed by atoms with Crippen LogP contribution in [0.5, 0.6) is 5.75 Å². The van der Waals surface area contributed by atoms with E-state index in [-0.39, 0.29) is 17.0 Å². The van der Waals surface area contributed by atoms with Gasteiger partial charge in [0.2, 0.25) is 0 Å². The van der Waals surface area contributed by atoms with Crippen molar-refractivity contribution in [3.8, 4) is 5.75 Å². The van der Waals surface area contributed by atoms with E-state index in [2.05, 4.69) is 5.32 Å². The van der Waals surface area contributed by atoms with Crippen LogP contribution in [0.15, 0.2) is 78.5 Å². The van der Waals surface area contributed by atoms with Gasteiger partial charge in [0.1, 0.15) is 17.3 Å². The van der Waals surface area contributed by atoms with Crippen molar-refractivity contribution in [1.82, 2.24) is 0 Å². The highest BCUT2D eigenvalue weighted by molar-refractivity contribution is 6.46. The fraction of sp³-hybridized carbons (Fsp3) is 0.0833. The summed E-state index contributed by atoms with van der Waals surface area (Å²) < 4.78 is 19.9. The first-order valence-electron chi connectivity index (χ1n) is 9.36. The van der Waals surface area contributed by atoms with Gasteiger partial charge in [-0.25, -0.2) is 9.29 Å². The number of benzene rings is 3. The highest BCUT2D eigenvalue weighted by Gasteiger charge is 2.42. The Hall–Kier alpha value is -3.93. The van der Waals surface area contributed by atoms with Gasteiger partial charge in [-0.1, -0.05) is 48.0 Å². The molecule has 2 amide bonds. The standard InChI is InChI=1S/C24H19FN2O3/c1-15-11-13-16(14-12-15)26-22-21(17-7-3-6-10-20(17)30-2)23(28)27(24(22)29)19-9-5-4-8-18(19)25/h3-14,26H,1-2H3. The molecule has 0 fully saturated rings. The molecule has 1 N–H and O–H groups in total. The number of para-hydroxylation sites is 2. The highest BCUT2D eigenvalue weighted by atomic mass is 19.1. The first kappa shape index (κ1) is 19.4. The zero-order valence-corrected chi connectivity index (χ0v) is 16.5.